The first-order chi connectivity index (χ1) is 11.0. The van der Waals surface area contributed by atoms with E-state index in [4.69, 9.17) is 4.74 Å². The maximum absolute atomic E-state index is 12.2. The molecule has 0 aliphatic heterocycles. The van der Waals surface area contributed by atoms with Crippen LogP contribution >= 0.6 is 0 Å². The molecule has 0 saturated heterocycles. The van der Waals surface area contributed by atoms with Crippen LogP contribution in [0.5, 0.6) is 5.75 Å². The van der Waals surface area contributed by atoms with Crippen LogP contribution in [0.4, 0.5) is 0 Å². The van der Waals surface area contributed by atoms with E-state index in [2.05, 4.69) is 11.4 Å². The third-order valence-corrected chi connectivity index (χ3v) is 4.13. The highest BCUT2D eigenvalue weighted by molar-refractivity contribution is 5.79. The van der Waals surface area contributed by atoms with Gasteiger partial charge < -0.3 is 10.1 Å². The number of rotatable bonds is 8. The Morgan fingerprint density at radius 1 is 1.43 bits per heavy atom. The number of likely N-dealkylation sites (N-methyl/N-ethyl adjacent to an activating group) is 1. The molecule has 1 aliphatic rings. The number of amides is 1. The van der Waals surface area contributed by atoms with Crippen molar-refractivity contribution < 1.29 is 9.53 Å². The van der Waals surface area contributed by atoms with Gasteiger partial charge in [0.05, 0.1) is 19.2 Å². The number of nitrogens with zero attached hydrogens (tertiary/aromatic N) is 2. The third kappa shape index (κ3) is 4.97. The summed E-state index contributed by atoms with van der Waals surface area (Å²) in [7, 11) is 1.90. The Labute approximate surface area is 138 Å². The van der Waals surface area contributed by atoms with Gasteiger partial charge >= 0.3 is 0 Å². The Morgan fingerprint density at radius 3 is 2.61 bits per heavy atom. The SMILES string of the molecule is CCOc1ccc(CN(C)CC(=O)N[C@](C)(C#N)C2CC2)cc1. The van der Waals surface area contributed by atoms with Gasteiger partial charge in [-0.15, -0.1) is 0 Å². The summed E-state index contributed by atoms with van der Waals surface area (Å²) in [5.41, 5.74) is 0.394. The Kier molecular flexibility index (Phi) is 5.62. The van der Waals surface area contributed by atoms with Crippen LogP contribution in [-0.2, 0) is 11.3 Å². The van der Waals surface area contributed by atoms with E-state index < -0.39 is 5.54 Å². The number of nitrogens with one attached hydrogen (secondary N) is 1. The molecule has 0 heterocycles. The summed E-state index contributed by atoms with van der Waals surface area (Å²) >= 11 is 0. The van der Waals surface area contributed by atoms with Crippen molar-refractivity contribution in [3.8, 4) is 11.8 Å². The number of ether oxygens (including phenoxy) is 1. The van der Waals surface area contributed by atoms with Crippen molar-refractivity contribution in [2.24, 2.45) is 5.92 Å². The van der Waals surface area contributed by atoms with E-state index in [1.165, 1.54) is 0 Å². The molecule has 0 bridgehead atoms. The fraction of sp³-hybridized carbons (Fsp3) is 0.556. The lowest BCUT2D eigenvalue weighted by atomic mass is 9.98. The maximum atomic E-state index is 12.2. The first kappa shape index (κ1) is 17.3. The number of hydrogen-bond donors (Lipinski definition) is 1. The van der Waals surface area contributed by atoms with Gasteiger partial charge in [0.1, 0.15) is 11.3 Å². The fourth-order valence-electron chi connectivity index (χ4n) is 2.68. The molecule has 124 valence electrons. The minimum atomic E-state index is -0.725. The van der Waals surface area contributed by atoms with Gasteiger partial charge in [-0.25, -0.2) is 0 Å². The fourth-order valence-corrected chi connectivity index (χ4v) is 2.68. The smallest absolute Gasteiger partial charge is 0.235 e. The quantitative estimate of drug-likeness (QED) is 0.799. The van der Waals surface area contributed by atoms with Crippen molar-refractivity contribution in [1.29, 1.82) is 5.26 Å². The number of carbonyl (C=O) groups is 1. The first-order valence-corrected chi connectivity index (χ1v) is 8.09. The Balaban J connectivity index is 1.82. The van der Waals surface area contributed by atoms with Crippen LogP contribution in [0.2, 0.25) is 0 Å². The van der Waals surface area contributed by atoms with Crippen LogP contribution in [0.15, 0.2) is 24.3 Å². The van der Waals surface area contributed by atoms with Gasteiger partial charge in [-0.1, -0.05) is 12.1 Å². The highest BCUT2D eigenvalue weighted by Crippen LogP contribution is 2.39. The van der Waals surface area contributed by atoms with Gasteiger partial charge in [-0.2, -0.15) is 5.26 Å². The van der Waals surface area contributed by atoms with E-state index in [0.717, 1.165) is 24.2 Å². The van der Waals surface area contributed by atoms with E-state index in [1.54, 1.807) is 0 Å². The molecule has 1 aliphatic carbocycles. The van der Waals surface area contributed by atoms with Crippen LogP contribution in [0.25, 0.3) is 0 Å². The highest BCUT2D eigenvalue weighted by atomic mass is 16.5. The molecule has 0 radical (unpaired) electrons. The molecule has 0 aromatic heterocycles. The zero-order valence-corrected chi connectivity index (χ0v) is 14.1. The summed E-state index contributed by atoms with van der Waals surface area (Å²) in [6.07, 6.45) is 2.04. The second kappa shape index (κ2) is 7.47. The largest absolute Gasteiger partial charge is 0.494 e. The molecule has 2 rings (SSSR count). The van der Waals surface area contributed by atoms with E-state index in [-0.39, 0.29) is 12.5 Å². The molecule has 5 heteroatoms. The number of carbonyl (C=O) groups excluding carboxylic acids is 1. The van der Waals surface area contributed by atoms with Gasteiger partial charge in [0, 0.05) is 6.54 Å². The van der Waals surface area contributed by atoms with Gasteiger partial charge in [-0.05, 0) is 57.4 Å². The number of nitriles is 1. The van der Waals surface area contributed by atoms with Crippen molar-refractivity contribution in [1.82, 2.24) is 10.2 Å². The van der Waals surface area contributed by atoms with Crippen molar-refractivity contribution >= 4 is 5.91 Å². The monoisotopic (exact) mass is 315 g/mol. The maximum Gasteiger partial charge on any atom is 0.235 e. The predicted molar refractivity (Wildman–Crippen MR) is 88.8 cm³/mol. The third-order valence-electron chi connectivity index (χ3n) is 4.13. The average molecular weight is 315 g/mol. The molecule has 1 amide bonds. The minimum absolute atomic E-state index is 0.102. The second-order valence-electron chi connectivity index (χ2n) is 6.39. The zero-order valence-electron chi connectivity index (χ0n) is 14.1. The molecule has 1 aromatic rings. The molecule has 23 heavy (non-hydrogen) atoms. The summed E-state index contributed by atoms with van der Waals surface area (Å²) in [5, 5.41) is 12.2. The lowest BCUT2D eigenvalue weighted by Gasteiger charge is -2.25. The van der Waals surface area contributed by atoms with Crippen LogP contribution < -0.4 is 10.1 Å². The summed E-state index contributed by atoms with van der Waals surface area (Å²) < 4.78 is 5.42. The summed E-state index contributed by atoms with van der Waals surface area (Å²) in [5.74, 6) is 1.05. The van der Waals surface area contributed by atoms with E-state index >= 15 is 0 Å². The minimum Gasteiger partial charge on any atom is -0.494 e. The van der Waals surface area contributed by atoms with Gasteiger partial charge in [0.2, 0.25) is 5.91 Å². The normalized spacial score (nSPS) is 16.5. The van der Waals surface area contributed by atoms with E-state index in [0.29, 0.717) is 19.1 Å². The van der Waals surface area contributed by atoms with Gasteiger partial charge in [-0.3, -0.25) is 9.69 Å². The molecule has 1 N–H and O–H groups in total. The van der Waals surface area contributed by atoms with Crippen LogP contribution in [-0.4, -0.2) is 36.5 Å². The molecule has 1 fully saturated rings. The summed E-state index contributed by atoms with van der Waals surface area (Å²) in [6.45, 7) is 5.37. The Morgan fingerprint density at radius 2 is 2.09 bits per heavy atom. The highest BCUT2D eigenvalue weighted by Gasteiger charge is 2.42. The average Bonchev–Trinajstić information content (AvgIpc) is 3.34. The first-order valence-electron chi connectivity index (χ1n) is 8.09. The van der Waals surface area contributed by atoms with Crippen molar-refractivity contribution in [3.05, 3.63) is 29.8 Å². The van der Waals surface area contributed by atoms with Crippen LogP contribution in [0.1, 0.15) is 32.3 Å². The van der Waals surface area contributed by atoms with E-state index in [9.17, 15) is 10.1 Å². The topological polar surface area (TPSA) is 65.4 Å². The van der Waals surface area contributed by atoms with Gasteiger partial charge in [0.25, 0.3) is 0 Å². The summed E-state index contributed by atoms with van der Waals surface area (Å²) in [6, 6.07) is 10.1. The number of hydrogen-bond acceptors (Lipinski definition) is 4. The Hall–Kier alpha value is -2.06. The molecular formula is C18H25N3O2. The molecule has 5 nitrogen and oxygen atoms in total. The number of benzene rings is 1. The van der Waals surface area contributed by atoms with Crippen molar-refractivity contribution in [2.45, 2.75) is 38.8 Å². The molecule has 0 spiro atoms. The summed E-state index contributed by atoms with van der Waals surface area (Å²) in [4.78, 5) is 14.1. The molecule has 0 unspecified atom stereocenters. The standard InChI is InChI=1S/C18H25N3O2/c1-4-23-16-9-5-14(6-10-16)11-21(3)12-17(22)20-18(2,13-19)15-7-8-15/h5-6,9-10,15H,4,7-8,11-12H2,1-3H3,(H,20,22)/t18-/m1/s1. The zero-order chi connectivity index (χ0) is 16.9. The predicted octanol–water partition coefficient (Wildman–Crippen LogP) is 2.33. The van der Waals surface area contributed by atoms with Crippen LogP contribution in [0, 0.1) is 17.2 Å². The molecule has 1 atom stereocenters. The molecule has 1 saturated carbocycles. The lowest BCUT2D eigenvalue weighted by molar-refractivity contribution is -0.123. The second-order valence-corrected chi connectivity index (χ2v) is 6.39. The van der Waals surface area contributed by atoms with Crippen molar-refractivity contribution in [2.75, 3.05) is 20.2 Å². The van der Waals surface area contributed by atoms with Crippen molar-refractivity contribution in [3.63, 3.8) is 0 Å². The van der Waals surface area contributed by atoms with Crippen LogP contribution in [0.3, 0.4) is 0 Å². The molecular weight excluding hydrogens is 290 g/mol. The van der Waals surface area contributed by atoms with E-state index in [1.807, 2.05) is 50.1 Å². The lowest BCUT2D eigenvalue weighted by Crippen LogP contribution is -2.49. The van der Waals surface area contributed by atoms with Gasteiger partial charge in [0.15, 0.2) is 0 Å². The Bertz CT molecular complexity index is 575. The molecule has 1 aromatic carbocycles.